The lowest BCUT2D eigenvalue weighted by molar-refractivity contribution is -0.116. The van der Waals surface area contributed by atoms with Crippen molar-refractivity contribution >= 4 is 5.78 Å². The number of Topliss-reactive ketones (excluding diaryl/α,β-unsaturated/α-hetero) is 1. The van der Waals surface area contributed by atoms with E-state index < -0.39 is 0 Å². The highest BCUT2D eigenvalue weighted by atomic mass is 16.5. The quantitative estimate of drug-likeness (QED) is 0.339. The van der Waals surface area contributed by atoms with E-state index in [4.69, 9.17) is 4.74 Å². The second-order valence-electron chi connectivity index (χ2n) is 8.12. The fraction of sp³-hybridized carbons (Fsp3) is 0.233. The van der Waals surface area contributed by atoms with Gasteiger partial charge in [-0.1, -0.05) is 72.3 Å². The Morgan fingerprint density at radius 2 is 1.41 bits per heavy atom. The number of carbonyl (C=O) groups is 1. The molecule has 166 valence electrons. The first kappa shape index (κ1) is 24.9. The van der Waals surface area contributed by atoms with Crippen LogP contribution in [0.15, 0.2) is 92.0 Å². The third-order valence-electron chi connectivity index (χ3n) is 4.80. The number of carbonyl (C=O) groups excluding carboxylic acids is 1. The van der Waals surface area contributed by atoms with Gasteiger partial charge in [0.25, 0.3) is 0 Å². The molecular weight excluding hydrogens is 392 g/mol. The molecule has 0 aliphatic carbocycles. The molecule has 0 fully saturated rings. The average Bonchev–Trinajstić information content (AvgIpc) is 2.73. The fourth-order valence-corrected chi connectivity index (χ4v) is 3.51. The predicted molar refractivity (Wildman–Crippen MR) is 135 cm³/mol. The van der Waals surface area contributed by atoms with Gasteiger partial charge in [0.15, 0.2) is 0 Å². The van der Waals surface area contributed by atoms with E-state index in [1.54, 1.807) is 6.92 Å². The number of aryl methyl sites for hydroxylation is 2. The summed E-state index contributed by atoms with van der Waals surface area (Å²) in [4.78, 5) is 10.9. The van der Waals surface area contributed by atoms with Gasteiger partial charge in [0, 0.05) is 6.42 Å². The minimum atomic E-state index is 0.204. The average molecular weight is 427 g/mol. The summed E-state index contributed by atoms with van der Waals surface area (Å²) < 4.78 is 5.84. The number of hydrogen-bond donors (Lipinski definition) is 0. The summed E-state index contributed by atoms with van der Waals surface area (Å²) in [7, 11) is 0. The summed E-state index contributed by atoms with van der Waals surface area (Å²) in [5, 5.41) is 0. The van der Waals surface area contributed by atoms with Gasteiger partial charge in [0.1, 0.15) is 18.1 Å². The standard InChI is InChI=1S/C18H20O.C12H14O/c1-4-6-16-9-15(3)10-17(12-16)13-19-18-8-5-7-14(2)11-18;1-3-5-11-6-4-7-12(9-11)8-10(2)13/h4-5,7-12H,1,6,13H2,2-3H3;3-4,6-7,9H,1,5,8H2,2H3. The monoisotopic (exact) mass is 426 g/mol. The van der Waals surface area contributed by atoms with E-state index in [9.17, 15) is 4.79 Å². The number of hydrogen-bond acceptors (Lipinski definition) is 2. The Morgan fingerprint density at radius 3 is 2.09 bits per heavy atom. The predicted octanol–water partition coefficient (Wildman–Crippen LogP) is 7.16. The summed E-state index contributed by atoms with van der Waals surface area (Å²) >= 11 is 0. The van der Waals surface area contributed by atoms with Gasteiger partial charge in [0.05, 0.1) is 0 Å². The largest absolute Gasteiger partial charge is 0.489 e. The molecule has 0 aliphatic heterocycles. The third-order valence-corrected chi connectivity index (χ3v) is 4.80. The number of rotatable bonds is 9. The highest BCUT2D eigenvalue weighted by molar-refractivity contribution is 5.78. The normalized spacial score (nSPS) is 9.97. The topological polar surface area (TPSA) is 26.3 Å². The molecule has 0 atom stereocenters. The smallest absolute Gasteiger partial charge is 0.134 e. The van der Waals surface area contributed by atoms with Crippen LogP contribution in [0.25, 0.3) is 0 Å². The summed E-state index contributed by atoms with van der Waals surface area (Å²) in [6.45, 7) is 13.9. The Kier molecular flexibility index (Phi) is 10.2. The molecule has 0 N–H and O–H groups in total. The van der Waals surface area contributed by atoms with E-state index in [1.807, 2.05) is 42.5 Å². The van der Waals surface area contributed by atoms with Gasteiger partial charge in [-0.2, -0.15) is 0 Å². The highest BCUT2D eigenvalue weighted by Crippen LogP contribution is 2.16. The summed E-state index contributed by atoms with van der Waals surface area (Å²) in [6.07, 6.45) is 6.10. The lowest BCUT2D eigenvalue weighted by Gasteiger charge is -2.09. The Morgan fingerprint density at radius 1 is 0.781 bits per heavy atom. The maximum Gasteiger partial charge on any atom is 0.134 e. The lowest BCUT2D eigenvalue weighted by Crippen LogP contribution is -1.97. The summed E-state index contributed by atoms with van der Waals surface area (Å²) in [5.74, 6) is 1.13. The number of allylic oxidation sites excluding steroid dienone is 2. The van der Waals surface area contributed by atoms with Gasteiger partial charge in [-0.3, -0.25) is 4.79 Å². The highest BCUT2D eigenvalue weighted by Gasteiger charge is 2.00. The van der Waals surface area contributed by atoms with Crippen molar-refractivity contribution in [1.82, 2.24) is 0 Å². The SMILES string of the molecule is C=CCc1cc(C)cc(COc2cccc(C)c2)c1.C=CCc1cccc(CC(C)=O)c1. The summed E-state index contributed by atoms with van der Waals surface area (Å²) in [6, 6.07) is 22.8. The Bertz CT molecular complexity index is 1050. The van der Waals surface area contributed by atoms with Gasteiger partial charge >= 0.3 is 0 Å². The van der Waals surface area contributed by atoms with Crippen molar-refractivity contribution in [3.05, 3.63) is 125 Å². The minimum absolute atomic E-state index is 0.204. The second-order valence-corrected chi connectivity index (χ2v) is 8.12. The number of ether oxygens (including phenoxy) is 1. The van der Waals surface area contributed by atoms with Crippen LogP contribution in [-0.4, -0.2) is 5.78 Å². The van der Waals surface area contributed by atoms with Crippen molar-refractivity contribution in [2.45, 2.75) is 46.6 Å². The molecule has 0 heterocycles. The van der Waals surface area contributed by atoms with Gasteiger partial charge in [0.2, 0.25) is 0 Å². The van der Waals surface area contributed by atoms with E-state index in [0.29, 0.717) is 13.0 Å². The molecule has 0 amide bonds. The molecular formula is C30H34O2. The number of benzene rings is 3. The second kappa shape index (κ2) is 13.1. The molecule has 0 bridgehead atoms. The first-order valence-electron chi connectivity index (χ1n) is 11.0. The molecule has 2 nitrogen and oxygen atoms in total. The van der Waals surface area contributed by atoms with Crippen molar-refractivity contribution in [1.29, 1.82) is 0 Å². The van der Waals surface area contributed by atoms with Crippen LogP contribution >= 0.6 is 0 Å². The van der Waals surface area contributed by atoms with Crippen LogP contribution < -0.4 is 4.74 Å². The maximum atomic E-state index is 10.9. The minimum Gasteiger partial charge on any atom is -0.489 e. The van der Waals surface area contributed by atoms with Gasteiger partial charge in [-0.25, -0.2) is 0 Å². The fourth-order valence-electron chi connectivity index (χ4n) is 3.51. The van der Waals surface area contributed by atoms with E-state index in [1.165, 1.54) is 27.8 Å². The van der Waals surface area contributed by atoms with E-state index in [0.717, 1.165) is 24.2 Å². The molecule has 0 spiro atoms. The molecule has 3 aromatic carbocycles. The van der Waals surface area contributed by atoms with E-state index >= 15 is 0 Å². The van der Waals surface area contributed by atoms with Crippen LogP contribution in [0.1, 0.15) is 40.3 Å². The van der Waals surface area contributed by atoms with Crippen molar-refractivity contribution in [2.24, 2.45) is 0 Å². The van der Waals surface area contributed by atoms with Crippen LogP contribution in [0, 0.1) is 13.8 Å². The van der Waals surface area contributed by atoms with Gasteiger partial charge in [-0.15, -0.1) is 13.2 Å². The molecule has 0 unspecified atom stereocenters. The van der Waals surface area contributed by atoms with Crippen molar-refractivity contribution in [3.63, 3.8) is 0 Å². The first-order chi connectivity index (χ1) is 15.4. The molecule has 0 aliphatic rings. The molecule has 3 aromatic rings. The molecule has 0 radical (unpaired) electrons. The molecule has 0 saturated carbocycles. The first-order valence-corrected chi connectivity index (χ1v) is 11.0. The van der Waals surface area contributed by atoms with E-state index in [2.05, 4.69) is 63.4 Å². The zero-order valence-corrected chi connectivity index (χ0v) is 19.6. The van der Waals surface area contributed by atoms with Crippen LogP contribution in [0.3, 0.4) is 0 Å². The number of ketones is 1. The third kappa shape index (κ3) is 9.18. The molecule has 3 rings (SSSR count). The van der Waals surface area contributed by atoms with Crippen molar-refractivity contribution < 1.29 is 9.53 Å². The summed E-state index contributed by atoms with van der Waals surface area (Å²) in [5.41, 5.74) is 7.29. The van der Waals surface area contributed by atoms with Crippen molar-refractivity contribution in [3.8, 4) is 5.75 Å². The molecule has 0 saturated heterocycles. The van der Waals surface area contributed by atoms with Crippen molar-refractivity contribution in [2.75, 3.05) is 0 Å². The van der Waals surface area contributed by atoms with E-state index in [-0.39, 0.29) is 5.78 Å². The lowest BCUT2D eigenvalue weighted by atomic mass is 10.0. The van der Waals surface area contributed by atoms with Crippen LogP contribution in [0.4, 0.5) is 0 Å². The van der Waals surface area contributed by atoms with Gasteiger partial charge in [-0.05, 0) is 73.6 Å². The maximum absolute atomic E-state index is 10.9. The van der Waals surface area contributed by atoms with Crippen LogP contribution in [0.2, 0.25) is 0 Å². The van der Waals surface area contributed by atoms with Gasteiger partial charge < -0.3 is 4.74 Å². The zero-order valence-electron chi connectivity index (χ0n) is 19.6. The zero-order chi connectivity index (χ0) is 23.3. The Balaban J connectivity index is 0.000000244. The van der Waals surface area contributed by atoms with Crippen LogP contribution in [-0.2, 0) is 30.7 Å². The Hall–Kier alpha value is -3.39. The Labute approximate surface area is 193 Å². The molecule has 32 heavy (non-hydrogen) atoms. The molecule has 2 heteroatoms. The van der Waals surface area contributed by atoms with Crippen LogP contribution in [0.5, 0.6) is 5.75 Å². The molecule has 0 aromatic heterocycles.